The van der Waals surface area contributed by atoms with E-state index in [0.29, 0.717) is 6.42 Å². The number of nitrogens with two attached hydrogens (primary N) is 1. The van der Waals surface area contributed by atoms with Crippen LogP contribution >= 0.6 is 0 Å². The Hall–Kier alpha value is -2.08. The number of amides is 2. The summed E-state index contributed by atoms with van der Waals surface area (Å²) in [4.78, 5) is 22.3. The van der Waals surface area contributed by atoms with Gasteiger partial charge in [-0.05, 0) is 37.1 Å². The maximum atomic E-state index is 11.9. The molecule has 0 spiro atoms. The molecule has 1 aromatic rings. The Kier molecular flexibility index (Phi) is 4.95. The summed E-state index contributed by atoms with van der Waals surface area (Å²) in [6.45, 7) is 1.16. The van der Waals surface area contributed by atoms with Gasteiger partial charge in [0, 0.05) is 12.1 Å². The van der Waals surface area contributed by atoms with E-state index in [-0.39, 0.29) is 18.6 Å². The van der Waals surface area contributed by atoms with Crippen molar-refractivity contribution in [2.24, 2.45) is 5.73 Å². The number of benzene rings is 1. The smallest absolute Gasteiger partial charge is 0.404 e. The standard InChI is InChI=1S/C14H19N3O3/c15-14(19)20-9-7-10-3-5-11(6-4-10)17-13(18)12-2-1-8-16-12/h3-6,12,16H,1-2,7-9H2,(H2,15,19)(H,17,18)/t12-/m0/s1. The molecule has 6 nitrogen and oxygen atoms in total. The maximum Gasteiger partial charge on any atom is 0.404 e. The van der Waals surface area contributed by atoms with Gasteiger partial charge in [-0.15, -0.1) is 0 Å². The summed E-state index contributed by atoms with van der Waals surface area (Å²) in [5, 5.41) is 6.03. The van der Waals surface area contributed by atoms with Gasteiger partial charge >= 0.3 is 6.09 Å². The molecule has 2 amide bonds. The molecule has 2 rings (SSSR count). The summed E-state index contributed by atoms with van der Waals surface area (Å²) < 4.78 is 4.67. The summed E-state index contributed by atoms with van der Waals surface area (Å²) in [5.74, 6) is 0.00677. The van der Waals surface area contributed by atoms with E-state index in [9.17, 15) is 9.59 Å². The van der Waals surface area contributed by atoms with Crippen molar-refractivity contribution in [3.63, 3.8) is 0 Å². The lowest BCUT2D eigenvalue weighted by Crippen LogP contribution is -2.35. The minimum absolute atomic E-state index is 0.00677. The van der Waals surface area contributed by atoms with Crippen LogP contribution in [0.1, 0.15) is 18.4 Å². The number of nitrogens with one attached hydrogen (secondary N) is 2. The van der Waals surface area contributed by atoms with Gasteiger partial charge < -0.3 is 21.1 Å². The van der Waals surface area contributed by atoms with E-state index in [0.717, 1.165) is 30.6 Å². The number of carbonyl (C=O) groups excluding carboxylic acids is 2. The highest BCUT2D eigenvalue weighted by Gasteiger charge is 2.21. The van der Waals surface area contributed by atoms with Crippen molar-refractivity contribution >= 4 is 17.7 Å². The van der Waals surface area contributed by atoms with Crippen LogP contribution < -0.4 is 16.4 Å². The molecule has 0 unspecified atom stereocenters. The minimum Gasteiger partial charge on any atom is -0.449 e. The fraction of sp³-hybridized carbons (Fsp3) is 0.429. The number of hydrogen-bond donors (Lipinski definition) is 3. The average Bonchev–Trinajstić information content (AvgIpc) is 2.94. The monoisotopic (exact) mass is 277 g/mol. The summed E-state index contributed by atoms with van der Waals surface area (Å²) in [6, 6.07) is 7.38. The lowest BCUT2D eigenvalue weighted by atomic mass is 10.1. The highest BCUT2D eigenvalue weighted by molar-refractivity contribution is 5.95. The van der Waals surface area contributed by atoms with Crippen LogP contribution in [-0.4, -0.2) is 31.2 Å². The lowest BCUT2D eigenvalue weighted by Gasteiger charge is -2.11. The predicted molar refractivity (Wildman–Crippen MR) is 75.3 cm³/mol. The molecule has 0 aromatic heterocycles. The quantitative estimate of drug-likeness (QED) is 0.749. The fourth-order valence-corrected chi connectivity index (χ4v) is 2.16. The molecule has 1 aromatic carbocycles. The van der Waals surface area contributed by atoms with Crippen molar-refractivity contribution in [2.75, 3.05) is 18.5 Å². The Labute approximate surface area is 117 Å². The van der Waals surface area contributed by atoms with E-state index in [1.165, 1.54) is 0 Å². The summed E-state index contributed by atoms with van der Waals surface area (Å²) in [6.07, 6.45) is 1.75. The van der Waals surface area contributed by atoms with E-state index in [2.05, 4.69) is 15.4 Å². The van der Waals surface area contributed by atoms with E-state index in [4.69, 9.17) is 5.73 Å². The van der Waals surface area contributed by atoms with Crippen molar-refractivity contribution in [3.05, 3.63) is 29.8 Å². The summed E-state index contributed by atoms with van der Waals surface area (Å²) in [5.41, 5.74) is 6.66. The zero-order valence-electron chi connectivity index (χ0n) is 11.2. The van der Waals surface area contributed by atoms with Crippen LogP contribution in [0.15, 0.2) is 24.3 Å². The predicted octanol–water partition coefficient (Wildman–Crippen LogP) is 1.01. The molecule has 1 aliphatic rings. The first-order chi connectivity index (χ1) is 9.65. The van der Waals surface area contributed by atoms with Crippen molar-refractivity contribution in [3.8, 4) is 0 Å². The highest BCUT2D eigenvalue weighted by atomic mass is 16.5. The Morgan fingerprint density at radius 3 is 2.70 bits per heavy atom. The number of ether oxygens (including phenoxy) is 1. The van der Waals surface area contributed by atoms with Gasteiger partial charge in [0.1, 0.15) is 0 Å². The molecule has 1 heterocycles. The molecule has 6 heteroatoms. The summed E-state index contributed by atoms with van der Waals surface area (Å²) >= 11 is 0. The third kappa shape index (κ3) is 4.24. The second kappa shape index (κ2) is 6.91. The SMILES string of the molecule is NC(=O)OCCc1ccc(NC(=O)[C@@H]2CCCN2)cc1. The van der Waals surface area contributed by atoms with Crippen LogP contribution in [0.3, 0.4) is 0 Å². The average molecular weight is 277 g/mol. The van der Waals surface area contributed by atoms with Gasteiger partial charge in [0.25, 0.3) is 0 Å². The largest absolute Gasteiger partial charge is 0.449 e. The highest BCUT2D eigenvalue weighted by Crippen LogP contribution is 2.13. The summed E-state index contributed by atoms with van der Waals surface area (Å²) in [7, 11) is 0. The second-order valence-electron chi connectivity index (χ2n) is 4.75. The number of anilines is 1. The first-order valence-corrected chi connectivity index (χ1v) is 6.70. The van der Waals surface area contributed by atoms with Gasteiger partial charge in [-0.2, -0.15) is 0 Å². The zero-order chi connectivity index (χ0) is 14.4. The number of rotatable bonds is 5. The molecule has 0 saturated carbocycles. The second-order valence-corrected chi connectivity index (χ2v) is 4.75. The molecular formula is C14H19N3O3. The van der Waals surface area contributed by atoms with Gasteiger partial charge in [-0.1, -0.05) is 12.1 Å². The molecule has 0 bridgehead atoms. The molecule has 108 valence electrons. The third-order valence-corrected chi connectivity index (χ3v) is 3.23. The van der Waals surface area contributed by atoms with Crippen molar-refractivity contribution in [1.29, 1.82) is 0 Å². The Morgan fingerprint density at radius 1 is 1.35 bits per heavy atom. The molecule has 1 aliphatic heterocycles. The van der Waals surface area contributed by atoms with Gasteiger partial charge in [0.15, 0.2) is 0 Å². The van der Waals surface area contributed by atoms with Crippen LogP contribution in [0.25, 0.3) is 0 Å². The van der Waals surface area contributed by atoms with Gasteiger partial charge in [0.2, 0.25) is 5.91 Å². The molecule has 1 atom stereocenters. The third-order valence-electron chi connectivity index (χ3n) is 3.23. The molecule has 0 aliphatic carbocycles. The Morgan fingerprint density at radius 2 is 2.10 bits per heavy atom. The number of primary amides is 1. The molecule has 4 N–H and O–H groups in total. The van der Waals surface area contributed by atoms with Crippen molar-refractivity contribution in [1.82, 2.24) is 5.32 Å². The van der Waals surface area contributed by atoms with Crippen molar-refractivity contribution in [2.45, 2.75) is 25.3 Å². The van der Waals surface area contributed by atoms with Crippen LogP contribution in [0.5, 0.6) is 0 Å². The topological polar surface area (TPSA) is 93.5 Å². The van der Waals surface area contributed by atoms with E-state index in [1.807, 2.05) is 24.3 Å². The zero-order valence-corrected chi connectivity index (χ0v) is 11.2. The van der Waals surface area contributed by atoms with Gasteiger partial charge in [-0.25, -0.2) is 4.79 Å². The molecule has 1 fully saturated rings. The van der Waals surface area contributed by atoms with E-state index >= 15 is 0 Å². The minimum atomic E-state index is -0.766. The van der Waals surface area contributed by atoms with Crippen LogP contribution in [0.4, 0.5) is 10.5 Å². The molecule has 0 radical (unpaired) electrons. The van der Waals surface area contributed by atoms with Gasteiger partial charge in [-0.3, -0.25) is 4.79 Å². The van der Waals surface area contributed by atoms with Crippen molar-refractivity contribution < 1.29 is 14.3 Å². The van der Waals surface area contributed by atoms with E-state index in [1.54, 1.807) is 0 Å². The number of hydrogen-bond acceptors (Lipinski definition) is 4. The van der Waals surface area contributed by atoms with Crippen LogP contribution in [-0.2, 0) is 16.0 Å². The Bertz CT molecular complexity index is 467. The normalized spacial score (nSPS) is 17.7. The lowest BCUT2D eigenvalue weighted by molar-refractivity contribution is -0.117. The molecule has 1 saturated heterocycles. The van der Waals surface area contributed by atoms with Crippen LogP contribution in [0.2, 0.25) is 0 Å². The first kappa shape index (κ1) is 14.3. The van der Waals surface area contributed by atoms with Crippen LogP contribution in [0, 0.1) is 0 Å². The van der Waals surface area contributed by atoms with Gasteiger partial charge in [0.05, 0.1) is 12.6 Å². The molecule has 20 heavy (non-hydrogen) atoms. The molecular weight excluding hydrogens is 258 g/mol. The first-order valence-electron chi connectivity index (χ1n) is 6.70. The maximum absolute atomic E-state index is 11.9. The van der Waals surface area contributed by atoms with E-state index < -0.39 is 6.09 Å². The Balaban J connectivity index is 1.81. The fourth-order valence-electron chi connectivity index (χ4n) is 2.16. The number of carbonyl (C=O) groups is 2.